The van der Waals surface area contributed by atoms with Crippen LogP contribution in [0.5, 0.6) is 0 Å². The molecule has 1 fully saturated rings. The van der Waals surface area contributed by atoms with E-state index >= 15 is 0 Å². The highest BCUT2D eigenvalue weighted by Gasteiger charge is 2.26. The second-order valence-corrected chi connectivity index (χ2v) is 7.01. The Morgan fingerprint density at radius 1 is 1.33 bits per heavy atom. The van der Waals surface area contributed by atoms with Crippen LogP contribution < -0.4 is 10.6 Å². The Balaban J connectivity index is 2.41. The minimum absolute atomic E-state index is 0.0431. The zero-order valence-corrected chi connectivity index (χ0v) is 13.9. The predicted octanol–water partition coefficient (Wildman–Crippen LogP) is 2.34. The maximum Gasteiger partial charge on any atom is 0.407 e. The Kier molecular flexibility index (Phi) is 6.30. The van der Waals surface area contributed by atoms with Crippen LogP contribution in [0.3, 0.4) is 0 Å². The number of urea groups is 1. The minimum atomic E-state index is -0.507. The van der Waals surface area contributed by atoms with E-state index in [0.29, 0.717) is 19.0 Å². The Labute approximate surface area is 127 Å². The molecule has 0 radical (unpaired) electrons. The van der Waals surface area contributed by atoms with Crippen LogP contribution in [0.4, 0.5) is 9.59 Å². The number of hydrogen-bond donors (Lipinski definition) is 2. The summed E-state index contributed by atoms with van der Waals surface area (Å²) in [5, 5.41) is 5.75. The van der Waals surface area contributed by atoms with Gasteiger partial charge in [-0.05, 0) is 39.5 Å². The van der Waals surface area contributed by atoms with Gasteiger partial charge in [-0.2, -0.15) is 0 Å². The summed E-state index contributed by atoms with van der Waals surface area (Å²) in [4.78, 5) is 25.6. The smallest absolute Gasteiger partial charge is 0.407 e. The topological polar surface area (TPSA) is 70.7 Å². The van der Waals surface area contributed by atoms with Crippen LogP contribution >= 0.6 is 0 Å². The Morgan fingerprint density at radius 3 is 2.57 bits per heavy atom. The van der Waals surface area contributed by atoms with E-state index in [1.54, 1.807) is 4.90 Å². The number of rotatable bonds is 3. The molecule has 6 nitrogen and oxygen atoms in total. The molecule has 0 bridgehead atoms. The van der Waals surface area contributed by atoms with Gasteiger partial charge in [0.2, 0.25) is 0 Å². The maximum atomic E-state index is 12.0. The number of carbonyl (C=O) groups is 2. The first-order valence-electron chi connectivity index (χ1n) is 7.69. The van der Waals surface area contributed by atoms with E-state index < -0.39 is 11.7 Å². The van der Waals surface area contributed by atoms with Crippen molar-refractivity contribution in [3.8, 4) is 0 Å². The van der Waals surface area contributed by atoms with Gasteiger partial charge >= 0.3 is 12.1 Å². The highest BCUT2D eigenvalue weighted by atomic mass is 16.6. The van der Waals surface area contributed by atoms with E-state index in [1.165, 1.54) is 0 Å². The molecule has 1 unspecified atom stereocenters. The first kappa shape index (κ1) is 17.6. The van der Waals surface area contributed by atoms with Crippen LogP contribution in [0.25, 0.3) is 0 Å². The molecule has 0 aromatic carbocycles. The maximum absolute atomic E-state index is 12.0. The van der Waals surface area contributed by atoms with Gasteiger partial charge in [0.25, 0.3) is 0 Å². The molecule has 0 aliphatic carbocycles. The zero-order chi connectivity index (χ0) is 16.0. The normalized spacial score (nSPS) is 19.3. The van der Waals surface area contributed by atoms with Gasteiger partial charge in [-0.15, -0.1) is 0 Å². The van der Waals surface area contributed by atoms with Gasteiger partial charge in [-0.1, -0.05) is 13.8 Å². The molecule has 1 heterocycles. The van der Waals surface area contributed by atoms with Gasteiger partial charge in [0.05, 0.1) is 0 Å². The van der Waals surface area contributed by atoms with E-state index in [0.717, 1.165) is 19.4 Å². The van der Waals surface area contributed by atoms with Crippen LogP contribution in [-0.2, 0) is 4.74 Å². The summed E-state index contributed by atoms with van der Waals surface area (Å²) in [6.45, 7) is 11.5. The average Bonchev–Trinajstić information content (AvgIpc) is 2.33. The van der Waals surface area contributed by atoms with Crippen molar-refractivity contribution < 1.29 is 14.3 Å². The molecule has 0 saturated carbocycles. The number of likely N-dealkylation sites (tertiary alicyclic amines) is 1. The number of piperidine rings is 1. The third kappa shape index (κ3) is 7.20. The lowest BCUT2D eigenvalue weighted by molar-refractivity contribution is 0.0479. The fourth-order valence-electron chi connectivity index (χ4n) is 2.16. The summed E-state index contributed by atoms with van der Waals surface area (Å²) < 4.78 is 5.25. The third-order valence-corrected chi connectivity index (χ3v) is 3.09. The third-order valence-electron chi connectivity index (χ3n) is 3.09. The van der Waals surface area contributed by atoms with Crippen LogP contribution in [-0.4, -0.2) is 48.3 Å². The summed E-state index contributed by atoms with van der Waals surface area (Å²) in [5.74, 6) is 0.425. The van der Waals surface area contributed by atoms with Crippen LogP contribution in [0.2, 0.25) is 0 Å². The Hall–Kier alpha value is -1.46. The van der Waals surface area contributed by atoms with Gasteiger partial charge in [0, 0.05) is 25.7 Å². The van der Waals surface area contributed by atoms with E-state index in [4.69, 9.17) is 4.74 Å². The largest absolute Gasteiger partial charge is 0.444 e. The highest BCUT2D eigenvalue weighted by Crippen LogP contribution is 2.12. The first-order chi connectivity index (χ1) is 9.67. The van der Waals surface area contributed by atoms with Crippen LogP contribution in [0.15, 0.2) is 0 Å². The molecule has 1 aliphatic rings. The van der Waals surface area contributed by atoms with Crippen molar-refractivity contribution in [3.05, 3.63) is 0 Å². The lowest BCUT2D eigenvalue weighted by Crippen LogP contribution is -2.53. The van der Waals surface area contributed by atoms with Gasteiger partial charge in [-0.3, -0.25) is 0 Å². The molecule has 3 amide bonds. The molecular weight excluding hydrogens is 270 g/mol. The number of nitrogens with one attached hydrogen (secondary N) is 2. The average molecular weight is 299 g/mol. The minimum Gasteiger partial charge on any atom is -0.444 e. The molecule has 1 atom stereocenters. The van der Waals surface area contributed by atoms with E-state index in [1.807, 2.05) is 20.8 Å². The van der Waals surface area contributed by atoms with Crippen molar-refractivity contribution in [2.75, 3.05) is 19.6 Å². The monoisotopic (exact) mass is 299 g/mol. The highest BCUT2D eigenvalue weighted by molar-refractivity contribution is 5.74. The van der Waals surface area contributed by atoms with Crippen LogP contribution in [0, 0.1) is 5.92 Å². The number of ether oxygens (including phenoxy) is 1. The molecule has 1 saturated heterocycles. The fraction of sp³-hybridized carbons (Fsp3) is 0.867. The summed E-state index contributed by atoms with van der Waals surface area (Å²) in [6, 6.07) is -0.0993. The fourth-order valence-corrected chi connectivity index (χ4v) is 2.16. The molecule has 1 aliphatic heterocycles. The second kappa shape index (κ2) is 7.52. The first-order valence-corrected chi connectivity index (χ1v) is 7.69. The SMILES string of the molecule is CC(C)CNC(=O)N1CCCC(NC(=O)OC(C)(C)C)C1. The molecule has 122 valence electrons. The summed E-state index contributed by atoms with van der Waals surface area (Å²) >= 11 is 0. The van der Waals surface area contributed by atoms with Crippen molar-refractivity contribution in [1.29, 1.82) is 0 Å². The number of carbonyl (C=O) groups excluding carboxylic acids is 2. The number of hydrogen-bond acceptors (Lipinski definition) is 3. The zero-order valence-electron chi connectivity index (χ0n) is 13.9. The Bertz CT molecular complexity index is 364. The van der Waals surface area contributed by atoms with Gasteiger partial charge in [0.15, 0.2) is 0 Å². The quantitative estimate of drug-likeness (QED) is 0.840. The Morgan fingerprint density at radius 2 is 2.00 bits per heavy atom. The molecule has 21 heavy (non-hydrogen) atoms. The predicted molar refractivity (Wildman–Crippen MR) is 82.2 cm³/mol. The lowest BCUT2D eigenvalue weighted by atomic mass is 10.1. The molecule has 6 heteroatoms. The molecule has 0 aromatic heterocycles. The molecular formula is C15H29N3O3. The molecule has 2 N–H and O–H groups in total. The van der Waals surface area contributed by atoms with E-state index in [9.17, 15) is 9.59 Å². The van der Waals surface area contributed by atoms with Crippen molar-refractivity contribution >= 4 is 12.1 Å². The second-order valence-electron chi connectivity index (χ2n) is 7.01. The summed E-state index contributed by atoms with van der Waals surface area (Å²) in [7, 11) is 0. The van der Waals surface area contributed by atoms with Crippen molar-refractivity contribution in [3.63, 3.8) is 0 Å². The van der Waals surface area contributed by atoms with Gasteiger partial charge < -0.3 is 20.3 Å². The number of alkyl carbamates (subject to hydrolysis) is 1. The van der Waals surface area contributed by atoms with E-state index in [-0.39, 0.29) is 12.1 Å². The number of nitrogens with zero attached hydrogens (tertiary/aromatic N) is 1. The number of amides is 3. The van der Waals surface area contributed by atoms with Gasteiger partial charge in [0.1, 0.15) is 5.60 Å². The van der Waals surface area contributed by atoms with Crippen molar-refractivity contribution in [1.82, 2.24) is 15.5 Å². The van der Waals surface area contributed by atoms with E-state index in [2.05, 4.69) is 24.5 Å². The standard InChI is InChI=1S/C15H29N3O3/c1-11(2)9-16-13(19)18-8-6-7-12(10-18)17-14(20)21-15(3,4)5/h11-12H,6-10H2,1-5H3,(H,16,19)(H,17,20). The molecule has 0 spiro atoms. The van der Waals surface area contributed by atoms with Crippen molar-refractivity contribution in [2.24, 2.45) is 5.92 Å². The van der Waals surface area contributed by atoms with Gasteiger partial charge in [-0.25, -0.2) is 9.59 Å². The molecule has 1 rings (SSSR count). The van der Waals surface area contributed by atoms with Crippen LogP contribution in [0.1, 0.15) is 47.5 Å². The van der Waals surface area contributed by atoms with Crippen molar-refractivity contribution in [2.45, 2.75) is 59.1 Å². The molecule has 0 aromatic rings. The summed E-state index contributed by atoms with van der Waals surface area (Å²) in [5.41, 5.74) is -0.507. The lowest BCUT2D eigenvalue weighted by Gasteiger charge is -2.33. The summed E-state index contributed by atoms with van der Waals surface area (Å²) in [6.07, 6.45) is 1.33.